The van der Waals surface area contributed by atoms with E-state index in [0.717, 1.165) is 55.0 Å². The SMILES string of the molecule is O[n+]1ccccc1C1CCN(Cc2cc3ncccc3o2)CC1. The van der Waals surface area contributed by atoms with Crippen LogP contribution in [0.3, 0.4) is 0 Å². The first kappa shape index (κ1) is 14.2. The molecule has 3 aromatic rings. The fourth-order valence-corrected chi connectivity index (χ4v) is 3.38. The van der Waals surface area contributed by atoms with Crippen molar-refractivity contribution in [1.82, 2.24) is 9.88 Å². The van der Waals surface area contributed by atoms with Crippen LogP contribution in [0.15, 0.2) is 53.2 Å². The van der Waals surface area contributed by atoms with Gasteiger partial charge >= 0.3 is 0 Å². The van der Waals surface area contributed by atoms with E-state index in [-0.39, 0.29) is 0 Å². The van der Waals surface area contributed by atoms with Gasteiger partial charge in [-0.15, -0.1) is 0 Å². The Kier molecular flexibility index (Phi) is 3.71. The Morgan fingerprint density at radius 1 is 1.22 bits per heavy atom. The molecule has 1 saturated heterocycles. The van der Waals surface area contributed by atoms with Crippen molar-refractivity contribution >= 4 is 11.1 Å². The predicted molar refractivity (Wildman–Crippen MR) is 85.1 cm³/mol. The number of rotatable bonds is 3. The molecule has 0 unspecified atom stereocenters. The van der Waals surface area contributed by atoms with E-state index in [2.05, 4.69) is 9.88 Å². The number of fused-ring (bicyclic) bond motifs is 1. The zero-order chi connectivity index (χ0) is 15.6. The molecular weight excluding hydrogens is 290 g/mol. The highest BCUT2D eigenvalue weighted by Crippen LogP contribution is 2.27. The number of furan rings is 1. The Labute approximate surface area is 134 Å². The van der Waals surface area contributed by atoms with E-state index in [1.54, 1.807) is 12.4 Å². The van der Waals surface area contributed by atoms with Crippen molar-refractivity contribution in [2.45, 2.75) is 25.3 Å². The summed E-state index contributed by atoms with van der Waals surface area (Å²) in [5, 5.41) is 9.93. The fourth-order valence-electron chi connectivity index (χ4n) is 3.38. The van der Waals surface area contributed by atoms with Crippen molar-refractivity contribution in [1.29, 1.82) is 0 Å². The minimum Gasteiger partial charge on any atom is -0.458 e. The predicted octanol–water partition coefficient (Wildman–Crippen LogP) is 2.73. The van der Waals surface area contributed by atoms with E-state index >= 15 is 0 Å². The van der Waals surface area contributed by atoms with Crippen LogP contribution in [0.2, 0.25) is 0 Å². The molecule has 0 radical (unpaired) electrons. The number of piperidine rings is 1. The fraction of sp³-hybridized carbons (Fsp3) is 0.333. The molecule has 0 amide bonds. The van der Waals surface area contributed by atoms with Gasteiger partial charge in [-0.25, -0.2) is 0 Å². The minimum absolute atomic E-state index is 0.412. The second-order valence-electron chi connectivity index (χ2n) is 6.12. The summed E-state index contributed by atoms with van der Waals surface area (Å²) < 4.78 is 7.11. The van der Waals surface area contributed by atoms with Gasteiger partial charge in [0.2, 0.25) is 11.9 Å². The molecule has 0 bridgehead atoms. The van der Waals surface area contributed by atoms with Gasteiger partial charge in [0.15, 0.2) is 5.58 Å². The molecule has 23 heavy (non-hydrogen) atoms. The third kappa shape index (κ3) is 2.92. The number of aromatic nitrogens is 2. The Morgan fingerprint density at radius 2 is 2.09 bits per heavy atom. The smallest absolute Gasteiger partial charge is 0.237 e. The van der Waals surface area contributed by atoms with E-state index in [4.69, 9.17) is 4.42 Å². The first-order valence-corrected chi connectivity index (χ1v) is 8.05. The molecule has 1 aliphatic heterocycles. The molecule has 4 heterocycles. The largest absolute Gasteiger partial charge is 0.458 e. The Morgan fingerprint density at radius 3 is 2.87 bits per heavy atom. The summed E-state index contributed by atoms with van der Waals surface area (Å²) in [6, 6.07) is 11.7. The third-order valence-electron chi connectivity index (χ3n) is 4.59. The summed E-state index contributed by atoms with van der Waals surface area (Å²) in [4.78, 5) is 6.72. The van der Waals surface area contributed by atoms with Crippen molar-refractivity contribution in [3.8, 4) is 0 Å². The monoisotopic (exact) mass is 310 g/mol. The highest BCUT2D eigenvalue weighted by molar-refractivity contribution is 5.72. The van der Waals surface area contributed by atoms with E-state index in [1.165, 1.54) is 4.73 Å². The van der Waals surface area contributed by atoms with Crippen LogP contribution < -0.4 is 4.73 Å². The lowest BCUT2D eigenvalue weighted by Gasteiger charge is -2.29. The van der Waals surface area contributed by atoms with Crippen molar-refractivity contribution < 1.29 is 14.4 Å². The van der Waals surface area contributed by atoms with Crippen molar-refractivity contribution in [2.75, 3.05) is 13.1 Å². The molecule has 1 aliphatic rings. The van der Waals surface area contributed by atoms with Crippen LogP contribution >= 0.6 is 0 Å². The summed E-state index contributed by atoms with van der Waals surface area (Å²) in [5.74, 6) is 1.38. The summed E-state index contributed by atoms with van der Waals surface area (Å²) >= 11 is 0. The summed E-state index contributed by atoms with van der Waals surface area (Å²) in [6.07, 6.45) is 5.58. The molecule has 0 saturated carbocycles. The molecule has 3 aromatic heterocycles. The molecule has 0 atom stereocenters. The Balaban J connectivity index is 1.41. The second-order valence-corrected chi connectivity index (χ2v) is 6.12. The number of nitrogens with zero attached hydrogens (tertiary/aromatic N) is 3. The number of hydrogen-bond donors (Lipinski definition) is 1. The lowest BCUT2D eigenvalue weighted by atomic mass is 9.93. The quantitative estimate of drug-likeness (QED) is 0.597. The Bertz CT molecular complexity index is 774. The summed E-state index contributed by atoms with van der Waals surface area (Å²) in [5.41, 5.74) is 2.77. The molecule has 5 heteroatoms. The van der Waals surface area contributed by atoms with Crippen LogP contribution in [-0.4, -0.2) is 28.2 Å². The van der Waals surface area contributed by atoms with Gasteiger partial charge in [-0.2, -0.15) is 0 Å². The standard InChI is InChI=1S/C18H20N3O2/c22-21-9-2-1-4-17(21)14-6-10-20(11-7-14)13-15-12-16-18(23-15)5-3-8-19-16/h1-5,8-9,12,14,22H,6-7,10-11,13H2/q+1. The van der Waals surface area contributed by atoms with Crippen LogP contribution in [0, 0.1) is 0 Å². The normalized spacial score (nSPS) is 16.9. The molecule has 4 rings (SSSR count). The maximum absolute atomic E-state index is 9.93. The average Bonchev–Trinajstić information content (AvgIpc) is 2.98. The molecule has 1 fully saturated rings. The maximum atomic E-state index is 9.93. The van der Waals surface area contributed by atoms with Crippen molar-refractivity contribution in [3.05, 3.63) is 60.2 Å². The van der Waals surface area contributed by atoms with Gasteiger partial charge in [-0.1, -0.05) is 0 Å². The van der Waals surface area contributed by atoms with Crippen LogP contribution in [0.1, 0.15) is 30.2 Å². The zero-order valence-electron chi connectivity index (χ0n) is 12.9. The van der Waals surface area contributed by atoms with E-state index in [0.29, 0.717) is 5.92 Å². The topological polar surface area (TPSA) is 53.4 Å². The average molecular weight is 310 g/mol. The molecule has 1 N–H and O–H groups in total. The molecule has 0 aromatic carbocycles. The van der Waals surface area contributed by atoms with Crippen LogP contribution in [0.5, 0.6) is 0 Å². The molecule has 5 nitrogen and oxygen atoms in total. The van der Waals surface area contributed by atoms with Gasteiger partial charge in [0, 0.05) is 29.1 Å². The lowest BCUT2D eigenvalue weighted by Crippen LogP contribution is -2.40. The molecule has 0 aliphatic carbocycles. The van der Waals surface area contributed by atoms with Gasteiger partial charge in [-0.3, -0.25) is 15.1 Å². The summed E-state index contributed by atoms with van der Waals surface area (Å²) in [6.45, 7) is 2.82. The first-order chi connectivity index (χ1) is 11.3. The molecular formula is C18H20N3O2+. The minimum atomic E-state index is 0.412. The van der Waals surface area contributed by atoms with Crippen LogP contribution in [0.4, 0.5) is 0 Å². The van der Waals surface area contributed by atoms with E-state index in [9.17, 15) is 5.21 Å². The van der Waals surface area contributed by atoms with Crippen LogP contribution in [-0.2, 0) is 6.54 Å². The van der Waals surface area contributed by atoms with E-state index < -0.39 is 0 Å². The summed E-state index contributed by atoms with van der Waals surface area (Å²) in [7, 11) is 0. The van der Waals surface area contributed by atoms with Gasteiger partial charge in [0.05, 0.1) is 12.5 Å². The third-order valence-corrected chi connectivity index (χ3v) is 4.59. The lowest BCUT2D eigenvalue weighted by molar-refractivity contribution is -0.910. The molecule has 118 valence electrons. The molecule has 0 spiro atoms. The number of pyridine rings is 2. The highest BCUT2D eigenvalue weighted by atomic mass is 16.5. The van der Waals surface area contributed by atoms with Crippen molar-refractivity contribution in [3.63, 3.8) is 0 Å². The number of hydrogen-bond acceptors (Lipinski definition) is 4. The van der Waals surface area contributed by atoms with Gasteiger partial charge in [0.25, 0.3) is 0 Å². The van der Waals surface area contributed by atoms with E-state index in [1.807, 2.05) is 36.4 Å². The maximum Gasteiger partial charge on any atom is 0.237 e. The van der Waals surface area contributed by atoms with Crippen molar-refractivity contribution in [2.24, 2.45) is 0 Å². The van der Waals surface area contributed by atoms with Gasteiger partial charge in [-0.05, 0) is 44.1 Å². The zero-order valence-corrected chi connectivity index (χ0v) is 12.9. The van der Waals surface area contributed by atoms with Gasteiger partial charge < -0.3 is 4.42 Å². The first-order valence-electron chi connectivity index (χ1n) is 8.05. The second kappa shape index (κ2) is 6.01. The van der Waals surface area contributed by atoms with Crippen LogP contribution in [0.25, 0.3) is 11.1 Å². The Hall–Kier alpha value is -2.40. The number of likely N-dealkylation sites (tertiary alicyclic amines) is 1. The van der Waals surface area contributed by atoms with Gasteiger partial charge in [0.1, 0.15) is 11.3 Å². The highest BCUT2D eigenvalue weighted by Gasteiger charge is 2.27.